The topological polar surface area (TPSA) is 28.7 Å². The summed E-state index contributed by atoms with van der Waals surface area (Å²) in [4.78, 5) is 0. The van der Waals surface area contributed by atoms with Gasteiger partial charge in [-0.15, -0.1) is 0 Å². The fourth-order valence-corrected chi connectivity index (χ4v) is 1.27. The highest BCUT2D eigenvalue weighted by atomic mass is 19.1. The molecule has 2 rings (SSSR count). The summed E-state index contributed by atoms with van der Waals surface area (Å²) >= 11 is 0. The second-order valence-electron chi connectivity index (χ2n) is 2.87. The molecule has 3 heteroatoms. The van der Waals surface area contributed by atoms with Crippen LogP contribution < -0.4 is 0 Å². The average molecular weight is 186 g/mol. The van der Waals surface area contributed by atoms with Crippen LogP contribution in [0.15, 0.2) is 42.7 Å². The van der Waals surface area contributed by atoms with Gasteiger partial charge in [0.25, 0.3) is 0 Å². The Morgan fingerprint density at radius 3 is 2.64 bits per heavy atom. The third-order valence-electron chi connectivity index (χ3n) is 1.95. The normalized spacial score (nSPS) is 9.71. The van der Waals surface area contributed by atoms with Crippen molar-refractivity contribution in [2.75, 3.05) is 0 Å². The zero-order valence-corrected chi connectivity index (χ0v) is 7.31. The highest BCUT2D eigenvalue weighted by Crippen LogP contribution is 2.13. The first-order chi connectivity index (χ1) is 6.81. The van der Waals surface area contributed by atoms with Crippen molar-refractivity contribution in [3.8, 4) is 11.8 Å². The molecule has 0 unspecified atom stereocenters. The third-order valence-corrected chi connectivity index (χ3v) is 1.95. The van der Waals surface area contributed by atoms with E-state index in [0.717, 1.165) is 0 Å². The van der Waals surface area contributed by atoms with E-state index in [4.69, 9.17) is 5.26 Å². The Kier molecular flexibility index (Phi) is 2.04. The van der Waals surface area contributed by atoms with Gasteiger partial charge < -0.3 is 4.57 Å². The van der Waals surface area contributed by atoms with Gasteiger partial charge in [-0.2, -0.15) is 5.26 Å². The van der Waals surface area contributed by atoms with Gasteiger partial charge in [0.1, 0.15) is 11.9 Å². The fraction of sp³-hybridized carbons (Fsp3) is 0. The molecule has 0 spiro atoms. The molecule has 0 saturated heterocycles. The van der Waals surface area contributed by atoms with Gasteiger partial charge in [0.2, 0.25) is 0 Å². The smallest absolute Gasteiger partial charge is 0.147 e. The van der Waals surface area contributed by atoms with Crippen LogP contribution in [0.2, 0.25) is 0 Å². The number of rotatable bonds is 1. The molecule has 1 aromatic carbocycles. The van der Waals surface area contributed by atoms with Crippen molar-refractivity contribution in [2.45, 2.75) is 0 Å². The van der Waals surface area contributed by atoms with E-state index in [9.17, 15) is 4.39 Å². The second-order valence-corrected chi connectivity index (χ2v) is 2.87. The molecule has 0 saturated carbocycles. The predicted octanol–water partition coefficient (Wildman–Crippen LogP) is 2.49. The molecule has 0 radical (unpaired) electrons. The van der Waals surface area contributed by atoms with Crippen molar-refractivity contribution in [3.63, 3.8) is 0 Å². The van der Waals surface area contributed by atoms with Crippen molar-refractivity contribution < 1.29 is 4.39 Å². The Morgan fingerprint density at radius 1 is 1.21 bits per heavy atom. The van der Waals surface area contributed by atoms with Gasteiger partial charge in [0.05, 0.1) is 11.3 Å². The molecular weight excluding hydrogens is 179 g/mol. The Morgan fingerprint density at radius 2 is 2.00 bits per heavy atom. The molecule has 68 valence electrons. The Labute approximate surface area is 80.8 Å². The molecule has 1 aromatic heterocycles. The maximum absolute atomic E-state index is 13.3. The standard InChI is InChI=1S/C11H7FN2/c12-10-3-1-2-4-11(10)14-6-5-9(7-13)8-14/h1-6,8H. The van der Waals surface area contributed by atoms with Crippen molar-refractivity contribution in [1.29, 1.82) is 5.26 Å². The zero-order chi connectivity index (χ0) is 9.97. The molecule has 0 aliphatic carbocycles. The van der Waals surface area contributed by atoms with E-state index in [1.54, 1.807) is 41.2 Å². The van der Waals surface area contributed by atoms with Crippen LogP contribution in [0.3, 0.4) is 0 Å². The predicted molar refractivity (Wildman–Crippen MR) is 50.4 cm³/mol. The van der Waals surface area contributed by atoms with Crippen LogP contribution in [0.25, 0.3) is 5.69 Å². The van der Waals surface area contributed by atoms with Gasteiger partial charge >= 0.3 is 0 Å². The van der Waals surface area contributed by atoms with E-state index in [0.29, 0.717) is 11.3 Å². The van der Waals surface area contributed by atoms with Crippen molar-refractivity contribution >= 4 is 0 Å². The lowest BCUT2D eigenvalue weighted by atomic mass is 10.3. The van der Waals surface area contributed by atoms with Crippen LogP contribution in [0.5, 0.6) is 0 Å². The summed E-state index contributed by atoms with van der Waals surface area (Å²) in [5, 5.41) is 8.61. The number of aromatic nitrogens is 1. The van der Waals surface area contributed by atoms with E-state index >= 15 is 0 Å². The van der Waals surface area contributed by atoms with Crippen molar-refractivity contribution in [3.05, 3.63) is 54.1 Å². The lowest BCUT2D eigenvalue weighted by molar-refractivity contribution is 0.618. The number of para-hydroxylation sites is 1. The van der Waals surface area contributed by atoms with E-state index < -0.39 is 0 Å². The quantitative estimate of drug-likeness (QED) is 0.672. The third kappa shape index (κ3) is 1.38. The molecule has 2 nitrogen and oxygen atoms in total. The number of halogens is 1. The lowest BCUT2D eigenvalue weighted by Crippen LogP contribution is -1.93. The number of hydrogen-bond donors (Lipinski definition) is 0. The second kappa shape index (κ2) is 3.35. The van der Waals surface area contributed by atoms with Crippen LogP contribution in [-0.4, -0.2) is 4.57 Å². The number of nitriles is 1. The minimum atomic E-state index is -0.299. The Hall–Kier alpha value is -2.08. The van der Waals surface area contributed by atoms with E-state index in [-0.39, 0.29) is 5.82 Å². The maximum atomic E-state index is 13.3. The molecule has 0 amide bonds. The molecule has 0 fully saturated rings. The number of hydrogen-bond acceptors (Lipinski definition) is 1. The summed E-state index contributed by atoms with van der Waals surface area (Å²) in [6.07, 6.45) is 3.26. The van der Waals surface area contributed by atoms with Gasteiger partial charge in [-0.1, -0.05) is 12.1 Å². The van der Waals surface area contributed by atoms with Gasteiger partial charge in [0.15, 0.2) is 0 Å². The van der Waals surface area contributed by atoms with Crippen molar-refractivity contribution in [2.24, 2.45) is 0 Å². The first kappa shape index (κ1) is 8.52. The fourth-order valence-electron chi connectivity index (χ4n) is 1.27. The van der Waals surface area contributed by atoms with Crippen molar-refractivity contribution in [1.82, 2.24) is 4.57 Å². The maximum Gasteiger partial charge on any atom is 0.147 e. The summed E-state index contributed by atoms with van der Waals surface area (Å²) in [5.41, 5.74) is 0.974. The first-order valence-corrected chi connectivity index (χ1v) is 4.14. The van der Waals surface area contributed by atoms with E-state index in [2.05, 4.69) is 0 Å². The molecule has 0 atom stereocenters. The van der Waals surface area contributed by atoms with Gasteiger partial charge in [-0.25, -0.2) is 4.39 Å². The number of nitrogens with zero attached hydrogens (tertiary/aromatic N) is 2. The van der Waals surface area contributed by atoms with Crippen LogP contribution >= 0.6 is 0 Å². The molecule has 0 aliphatic rings. The average Bonchev–Trinajstić information content (AvgIpc) is 2.67. The van der Waals surface area contributed by atoms with Crippen LogP contribution in [-0.2, 0) is 0 Å². The molecular formula is C11H7FN2. The summed E-state index contributed by atoms with van der Waals surface area (Å²) < 4.78 is 14.9. The van der Waals surface area contributed by atoms with Crippen LogP contribution in [0.4, 0.5) is 4.39 Å². The molecule has 2 aromatic rings. The Balaban J connectivity index is 2.51. The molecule has 1 heterocycles. The zero-order valence-electron chi connectivity index (χ0n) is 7.31. The molecule has 0 N–H and O–H groups in total. The minimum Gasteiger partial charge on any atom is -0.320 e. The largest absolute Gasteiger partial charge is 0.320 e. The molecule has 0 bridgehead atoms. The monoisotopic (exact) mass is 186 g/mol. The van der Waals surface area contributed by atoms with E-state index in [1.807, 2.05) is 6.07 Å². The highest BCUT2D eigenvalue weighted by molar-refractivity contribution is 5.37. The SMILES string of the molecule is N#Cc1ccn(-c2ccccc2F)c1. The lowest BCUT2D eigenvalue weighted by Gasteiger charge is -2.02. The van der Waals surface area contributed by atoms with Gasteiger partial charge in [-0.05, 0) is 18.2 Å². The first-order valence-electron chi connectivity index (χ1n) is 4.14. The number of benzene rings is 1. The van der Waals surface area contributed by atoms with Crippen LogP contribution in [0.1, 0.15) is 5.56 Å². The summed E-state index contributed by atoms with van der Waals surface area (Å²) in [5.74, 6) is -0.299. The molecule has 0 aliphatic heterocycles. The minimum absolute atomic E-state index is 0.299. The Bertz CT molecular complexity index is 494. The summed E-state index contributed by atoms with van der Waals surface area (Å²) in [7, 11) is 0. The van der Waals surface area contributed by atoms with Gasteiger partial charge in [0, 0.05) is 12.4 Å². The highest BCUT2D eigenvalue weighted by Gasteiger charge is 2.02. The van der Waals surface area contributed by atoms with Gasteiger partial charge in [-0.3, -0.25) is 0 Å². The van der Waals surface area contributed by atoms with Crippen LogP contribution in [0, 0.1) is 17.1 Å². The summed E-state index contributed by atoms with van der Waals surface area (Å²) in [6.45, 7) is 0. The van der Waals surface area contributed by atoms with E-state index in [1.165, 1.54) is 6.07 Å². The summed E-state index contributed by atoms with van der Waals surface area (Å²) in [6, 6.07) is 10.1. The molecule has 14 heavy (non-hydrogen) atoms.